The van der Waals surface area contributed by atoms with Crippen molar-refractivity contribution in [1.29, 1.82) is 0 Å². The summed E-state index contributed by atoms with van der Waals surface area (Å²) in [5, 5.41) is 6.00. The van der Waals surface area contributed by atoms with E-state index in [2.05, 4.69) is 34.3 Å². The molecule has 0 saturated carbocycles. The van der Waals surface area contributed by atoms with Crippen molar-refractivity contribution in [1.82, 2.24) is 14.7 Å². The minimum absolute atomic E-state index is 0.0422. The van der Waals surface area contributed by atoms with Crippen LogP contribution in [-0.2, 0) is 19.5 Å². The molecule has 2 heterocycles. The van der Waals surface area contributed by atoms with Crippen LogP contribution in [0.15, 0.2) is 77.7 Å². The van der Waals surface area contributed by atoms with Gasteiger partial charge in [-0.25, -0.2) is 4.68 Å². The fourth-order valence-corrected chi connectivity index (χ4v) is 4.56. The number of rotatable bonds is 7. The second kappa shape index (κ2) is 9.59. The van der Waals surface area contributed by atoms with E-state index in [1.165, 1.54) is 37.1 Å². The van der Waals surface area contributed by atoms with Gasteiger partial charge in [0.15, 0.2) is 0 Å². The van der Waals surface area contributed by atoms with E-state index in [4.69, 9.17) is 4.74 Å². The van der Waals surface area contributed by atoms with Crippen molar-refractivity contribution >= 4 is 10.8 Å². The molecule has 0 amide bonds. The lowest BCUT2D eigenvalue weighted by Crippen LogP contribution is -2.23. The smallest absolute Gasteiger partial charge is 0.274 e. The summed E-state index contributed by atoms with van der Waals surface area (Å²) in [6, 6.07) is 22.6. The van der Waals surface area contributed by atoms with Crippen molar-refractivity contribution in [3.63, 3.8) is 0 Å². The summed E-state index contributed by atoms with van der Waals surface area (Å²) in [5.41, 5.74) is 4.67. The largest absolute Gasteiger partial charge is 0.497 e. The van der Waals surface area contributed by atoms with Crippen LogP contribution in [-0.4, -0.2) is 34.9 Å². The first kappa shape index (κ1) is 21.4. The molecule has 168 valence electrons. The molecular weight excluding hydrogens is 410 g/mol. The minimum atomic E-state index is -0.0422. The fraction of sp³-hybridized carbons (Fsp3) is 0.286. The van der Waals surface area contributed by atoms with Crippen LogP contribution in [0.1, 0.15) is 24.0 Å². The predicted octanol–water partition coefficient (Wildman–Crippen LogP) is 4.91. The first-order valence-corrected chi connectivity index (χ1v) is 11.6. The molecule has 1 aliphatic heterocycles. The summed E-state index contributed by atoms with van der Waals surface area (Å²) in [4.78, 5) is 15.5. The van der Waals surface area contributed by atoms with Crippen LogP contribution in [0.4, 0.5) is 0 Å². The maximum absolute atomic E-state index is 13.0. The number of aromatic nitrogens is 2. The van der Waals surface area contributed by atoms with E-state index >= 15 is 0 Å². The molecule has 1 fully saturated rings. The number of fused-ring (bicyclic) bond motifs is 1. The lowest BCUT2D eigenvalue weighted by molar-refractivity contribution is 0.331. The number of hydrogen-bond acceptors (Lipinski definition) is 4. The van der Waals surface area contributed by atoms with Gasteiger partial charge in [-0.1, -0.05) is 42.5 Å². The van der Waals surface area contributed by atoms with Crippen LogP contribution in [0, 0.1) is 0 Å². The highest BCUT2D eigenvalue weighted by molar-refractivity contribution is 5.86. The second-order valence-electron chi connectivity index (χ2n) is 8.75. The van der Waals surface area contributed by atoms with Crippen molar-refractivity contribution in [2.45, 2.75) is 32.4 Å². The van der Waals surface area contributed by atoms with E-state index in [0.717, 1.165) is 35.2 Å². The summed E-state index contributed by atoms with van der Waals surface area (Å²) in [6.07, 6.45) is 5.21. The molecule has 5 rings (SSSR count). The number of methoxy groups -OCH3 is 1. The van der Waals surface area contributed by atoms with Gasteiger partial charge in [-0.2, -0.15) is 5.10 Å². The van der Waals surface area contributed by atoms with Crippen LogP contribution < -0.4 is 10.3 Å². The molecule has 0 unspecified atom stereocenters. The third-order valence-corrected chi connectivity index (χ3v) is 6.52. The molecule has 1 aromatic heterocycles. The first-order valence-electron chi connectivity index (χ1n) is 11.6. The fourth-order valence-electron chi connectivity index (χ4n) is 4.56. The maximum Gasteiger partial charge on any atom is 0.274 e. The Balaban J connectivity index is 1.28. The molecule has 4 aromatic rings. The van der Waals surface area contributed by atoms with Crippen molar-refractivity contribution in [3.8, 4) is 16.9 Å². The van der Waals surface area contributed by atoms with E-state index in [9.17, 15) is 4.79 Å². The van der Waals surface area contributed by atoms with Crippen LogP contribution in [0.2, 0.25) is 0 Å². The Kier molecular flexibility index (Phi) is 6.22. The number of benzene rings is 3. The van der Waals surface area contributed by atoms with Crippen molar-refractivity contribution in [2.75, 3.05) is 20.2 Å². The van der Waals surface area contributed by atoms with Crippen LogP contribution in [0.5, 0.6) is 5.75 Å². The van der Waals surface area contributed by atoms with Gasteiger partial charge < -0.3 is 4.74 Å². The highest BCUT2D eigenvalue weighted by Gasteiger charge is 2.11. The SMILES string of the molecule is COc1ccc(-c2ccc3c(=O)n(CCc4ccc(CN5CCCC5)cc4)ncc3c2)cc1. The average Bonchev–Trinajstić information content (AvgIpc) is 3.37. The third-order valence-electron chi connectivity index (χ3n) is 6.52. The lowest BCUT2D eigenvalue weighted by atomic mass is 10.0. The zero-order valence-corrected chi connectivity index (χ0v) is 19.0. The topological polar surface area (TPSA) is 47.4 Å². The molecule has 1 saturated heterocycles. The van der Waals surface area contributed by atoms with Gasteiger partial charge >= 0.3 is 0 Å². The highest BCUT2D eigenvalue weighted by Crippen LogP contribution is 2.25. The van der Waals surface area contributed by atoms with Crippen LogP contribution in [0.25, 0.3) is 21.9 Å². The average molecular weight is 440 g/mol. The Hall–Kier alpha value is -3.44. The molecule has 1 aliphatic rings. The summed E-state index contributed by atoms with van der Waals surface area (Å²) >= 11 is 0. The maximum atomic E-state index is 13.0. The van der Waals surface area contributed by atoms with Gasteiger partial charge in [0.2, 0.25) is 0 Å². The Morgan fingerprint density at radius 1 is 0.879 bits per heavy atom. The molecule has 0 atom stereocenters. The quantitative estimate of drug-likeness (QED) is 0.411. The van der Waals surface area contributed by atoms with Gasteiger partial charge in [0, 0.05) is 18.5 Å². The number of nitrogens with zero attached hydrogens (tertiary/aromatic N) is 3. The number of likely N-dealkylation sites (tertiary alicyclic amines) is 1. The highest BCUT2D eigenvalue weighted by atomic mass is 16.5. The summed E-state index contributed by atoms with van der Waals surface area (Å²) in [5.74, 6) is 0.824. The third kappa shape index (κ3) is 4.83. The molecule has 5 heteroatoms. The van der Waals surface area contributed by atoms with Crippen molar-refractivity contribution in [2.24, 2.45) is 0 Å². The lowest BCUT2D eigenvalue weighted by Gasteiger charge is -2.14. The molecule has 0 spiro atoms. The number of hydrogen-bond donors (Lipinski definition) is 0. The normalized spacial score (nSPS) is 14.1. The van der Waals surface area contributed by atoms with E-state index in [0.29, 0.717) is 11.9 Å². The minimum Gasteiger partial charge on any atom is -0.497 e. The zero-order chi connectivity index (χ0) is 22.6. The van der Waals surface area contributed by atoms with Crippen LogP contribution in [0.3, 0.4) is 0 Å². The van der Waals surface area contributed by atoms with Gasteiger partial charge in [-0.05, 0) is 78.9 Å². The zero-order valence-electron chi connectivity index (χ0n) is 19.0. The summed E-state index contributed by atoms with van der Waals surface area (Å²) in [7, 11) is 1.66. The Labute approximate surface area is 194 Å². The van der Waals surface area contributed by atoms with Crippen molar-refractivity contribution < 1.29 is 4.74 Å². The van der Waals surface area contributed by atoms with Gasteiger partial charge in [0.25, 0.3) is 5.56 Å². The van der Waals surface area contributed by atoms with Gasteiger partial charge in [0.1, 0.15) is 5.75 Å². The van der Waals surface area contributed by atoms with Gasteiger partial charge in [0.05, 0.1) is 18.7 Å². The molecule has 0 radical (unpaired) electrons. The number of aryl methyl sites for hydroxylation is 2. The molecule has 33 heavy (non-hydrogen) atoms. The van der Waals surface area contributed by atoms with Crippen LogP contribution >= 0.6 is 0 Å². The molecule has 0 N–H and O–H groups in total. The summed E-state index contributed by atoms with van der Waals surface area (Å²) < 4.78 is 6.81. The van der Waals surface area contributed by atoms with E-state index < -0.39 is 0 Å². The second-order valence-corrected chi connectivity index (χ2v) is 8.75. The monoisotopic (exact) mass is 439 g/mol. The first-order chi connectivity index (χ1) is 16.2. The Bertz CT molecular complexity index is 1290. The number of ether oxygens (including phenoxy) is 1. The molecule has 5 nitrogen and oxygen atoms in total. The molecule has 0 aliphatic carbocycles. The van der Waals surface area contributed by atoms with E-state index in [1.807, 2.05) is 42.5 Å². The van der Waals surface area contributed by atoms with E-state index in [-0.39, 0.29) is 5.56 Å². The molecule has 3 aromatic carbocycles. The van der Waals surface area contributed by atoms with E-state index in [1.54, 1.807) is 18.0 Å². The van der Waals surface area contributed by atoms with Gasteiger partial charge in [-0.15, -0.1) is 0 Å². The van der Waals surface area contributed by atoms with Crippen molar-refractivity contribution in [3.05, 3.63) is 94.4 Å². The summed E-state index contributed by atoms with van der Waals surface area (Å²) in [6.45, 7) is 4.02. The standard InChI is InChI=1S/C28H29N3O2/c1-33-26-11-8-23(9-12-26)24-10-13-27-25(18-24)19-29-31(28(27)32)17-14-21-4-6-22(7-5-21)20-30-15-2-3-16-30/h4-13,18-19H,2-3,14-17,20H2,1H3. The molecule has 0 bridgehead atoms. The Morgan fingerprint density at radius 2 is 1.58 bits per heavy atom. The predicted molar refractivity (Wildman–Crippen MR) is 133 cm³/mol. The molecular formula is C28H29N3O2. The van der Waals surface area contributed by atoms with Gasteiger partial charge in [-0.3, -0.25) is 9.69 Å². The Morgan fingerprint density at radius 3 is 2.30 bits per heavy atom.